The molecule has 0 spiro atoms. The topological polar surface area (TPSA) is 24.9 Å². The molecule has 0 bridgehead atoms. The number of halogens is 2. The number of benzene rings is 1. The summed E-state index contributed by atoms with van der Waals surface area (Å²) in [7, 11) is 0. The van der Waals surface area contributed by atoms with E-state index in [0.29, 0.717) is 4.47 Å². The van der Waals surface area contributed by atoms with E-state index >= 15 is 0 Å². The van der Waals surface area contributed by atoms with Gasteiger partial charge in [-0.05, 0) is 40.5 Å². The van der Waals surface area contributed by atoms with Crippen LogP contribution in [0.5, 0.6) is 0 Å². The molecule has 84 valence electrons. The summed E-state index contributed by atoms with van der Waals surface area (Å²) in [5.74, 6) is 0. The molecule has 2 nitrogen and oxygen atoms in total. The molecule has 5 heteroatoms. The van der Waals surface area contributed by atoms with E-state index in [4.69, 9.17) is 11.6 Å². The first-order chi connectivity index (χ1) is 7.65. The summed E-state index contributed by atoms with van der Waals surface area (Å²) in [5.41, 5.74) is 2.31. The van der Waals surface area contributed by atoms with Gasteiger partial charge in [-0.2, -0.15) is 0 Å². The van der Waals surface area contributed by atoms with E-state index in [1.165, 1.54) is 16.9 Å². The van der Waals surface area contributed by atoms with Gasteiger partial charge in [0, 0.05) is 21.2 Å². The maximum absolute atomic E-state index is 5.76. The van der Waals surface area contributed by atoms with E-state index in [1.54, 1.807) is 6.20 Å². The SMILES string of the molecule is Cc1ccc(NCc2cnc(Cl)s2)c(Br)c1. The number of hydrogen-bond donors (Lipinski definition) is 1. The van der Waals surface area contributed by atoms with Gasteiger partial charge >= 0.3 is 0 Å². The fraction of sp³-hybridized carbons (Fsp3) is 0.182. The monoisotopic (exact) mass is 316 g/mol. The molecular weight excluding hydrogens is 308 g/mol. The minimum absolute atomic E-state index is 0.583. The van der Waals surface area contributed by atoms with Crippen LogP contribution in [0.3, 0.4) is 0 Å². The molecule has 0 aliphatic rings. The van der Waals surface area contributed by atoms with Crippen molar-refractivity contribution in [3.05, 3.63) is 43.8 Å². The largest absolute Gasteiger partial charge is 0.379 e. The second kappa shape index (κ2) is 5.17. The van der Waals surface area contributed by atoms with Gasteiger partial charge in [0.15, 0.2) is 4.47 Å². The first kappa shape index (κ1) is 11.9. The number of thiazole rings is 1. The summed E-state index contributed by atoms with van der Waals surface area (Å²) in [6, 6.07) is 6.22. The Labute approximate surface area is 112 Å². The molecule has 0 unspecified atom stereocenters. The molecule has 0 saturated heterocycles. The summed E-state index contributed by atoms with van der Waals surface area (Å²) in [5, 5.41) is 3.33. The Balaban J connectivity index is 2.04. The second-order valence-corrected chi connectivity index (χ2v) is 5.97. The van der Waals surface area contributed by atoms with Crippen LogP contribution in [0.1, 0.15) is 10.4 Å². The van der Waals surface area contributed by atoms with Crippen LogP contribution >= 0.6 is 38.9 Å². The highest BCUT2D eigenvalue weighted by Crippen LogP contribution is 2.25. The lowest BCUT2D eigenvalue weighted by molar-refractivity contribution is 1.17. The number of rotatable bonds is 3. The Morgan fingerprint density at radius 3 is 2.94 bits per heavy atom. The number of anilines is 1. The van der Waals surface area contributed by atoms with Crippen LogP contribution in [0.15, 0.2) is 28.9 Å². The van der Waals surface area contributed by atoms with Crippen LogP contribution in [0.25, 0.3) is 0 Å². The predicted molar refractivity (Wildman–Crippen MR) is 73.3 cm³/mol. The molecule has 2 rings (SSSR count). The van der Waals surface area contributed by atoms with Crippen molar-refractivity contribution in [1.29, 1.82) is 0 Å². The standard InChI is InChI=1S/C11H10BrClN2S/c1-7-2-3-10(9(12)4-7)14-5-8-6-15-11(13)16-8/h2-4,6,14H,5H2,1H3. The minimum Gasteiger partial charge on any atom is -0.379 e. The fourth-order valence-electron chi connectivity index (χ4n) is 1.31. The Bertz CT molecular complexity index is 498. The Morgan fingerprint density at radius 2 is 2.31 bits per heavy atom. The summed E-state index contributed by atoms with van der Waals surface area (Å²) in [6.07, 6.45) is 1.79. The molecule has 0 fully saturated rings. The van der Waals surface area contributed by atoms with Crippen molar-refractivity contribution in [2.24, 2.45) is 0 Å². The van der Waals surface area contributed by atoms with Crippen LogP contribution in [0.4, 0.5) is 5.69 Å². The predicted octanol–water partition coefficient (Wildman–Crippen LogP) is 4.48. The third-order valence-corrected chi connectivity index (χ3v) is 3.87. The summed E-state index contributed by atoms with van der Waals surface area (Å²) >= 11 is 10.8. The van der Waals surface area contributed by atoms with Gasteiger partial charge in [0.05, 0.1) is 6.54 Å². The first-order valence-electron chi connectivity index (χ1n) is 4.75. The van der Waals surface area contributed by atoms with Crippen molar-refractivity contribution < 1.29 is 0 Å². The van der Waals surface area contributed by atoms with E-state index in [2.05, 4.69) is 51.4 Å². The zero-order valence-electron chi connectivity index (χ0n) is 8.63. The van der Waals surface area contributed by atoms with Gasteiger partial charge in [-0.3, -0.25) is 0 Å². The smallest absolute Gasteiger partial charge is 0.183 e. The molecule has 0 aliphatic carbocycles. The normalized spacial score (nSPS) is 10.4. The van der Waals surface area contributed by atoms with Crippen molar-refractivity contribution in [2.75, 3.05) is 5.32 Å². The van der Waals surface area contributed by atoms with E-state index < -0.39 is 0 Å². The maximum Gasteiger partial charge on any atom is 0.183 e. The van der Waals surface area contributed by atoms with Crippen molar-refractivity contribution in [3.63, 3.8) is 0 Å². The van der Waals surface area contributed by atoms with E-state index in [1.807, 2.05) is 0 Å². The van der Waals surface area contributed by atoms with Crippen molar-refractivity contribution in [3.8, 4) is 0 Å². The number of aromatic nitrogens is 1. The van der Waals surface area contributed by atoms with Gasteiger partial charge in [-0.15, -0.1) is 11.3 Å². The van der Waals surface area contributed by atoms with Crippen molar-refractivity contribution in [1.82, 2.24) is 4.98 Å². The summed E-state index contributed by atoms with van der Waals surface area (Å²) < 4.78 is 1.66. The summed E-state index contributed by atoms with van der Waals surface area (Å²) in [6.45, 7) is 2.81. The zero-order chi connectivity index (χ0) is 11.5. The Hall–Kier alpha value is -0.580. The molecule has 1 heterocycles. The lowest BCUT2D eigenvalue weighted by Gasteiger charge is -2.07. The molecule has 16 heavy (non-hydrogen) atoms. The third-order valence-electron chi connectivity index (χ3n) is 2.10. The van der Waals surface area contributed by atoms with Crippen molar-refractivity contribution >= 4 is 44.6 Å². The van der Waals surface area contributed by atoms with E-state index in [-0.39, 0.29) is 0 Å². The highest BCUT2D eigenvalue weighted by Gasteiger charge is 2.02. The Kier molecular flexibility index (Phi) is 3.84. The van der Waals surface area contributed by atoms with Gasteiger partial charge < -0.3 is 5.32 Å². The average Bonchev–Trinajstić information content (AvgIpc) is 2.63. The molecule has 0 saturated carbocycles. The quantitative estimate of drug-likeness (QED) is 0.903. The molecule has 1 aromatic carbocycles. The molecular formula is C11H10BrClN2S. The van der Waals surface area contributed by atoms with Crippen LogP contribution < -0.4 is 5.32 Å². The van der Waals surface area contributed by atoms with E-state index in [0.717, 1.165) is 21.6 Å². The molecule has 1 N–H and O–H groups in total. The molecule has 0 aliphatic heterocycles. The van der Waals surface area contributed by atoms with Gasteiger partial charge in [0.25, 0.3) is 0 Å². The molecule has 0 radical (unpaired) electrons. The van der Waals surface area contributed by atoms with Gasteiger partial charge in [-0.25, -0.2) is 4.98 Å². The molecule has 2 aromatic rings. The van der Waals surface area contributed by atoms with Gasteiger partial charge in [0.2, 0.25) is 0 Å². The summed E-state index contributed by atoms with van der Waals surface area (Å²) in [4.78, 5) is 5.12. The molecule has 0 atom stereocenters. The highest BCUT2D eigenvalue weighted by atomic mass is 79.9. The van der Waals surface area contributed by atoms with Crippen LogP contribution in [-0.2, 0) is 6.54 Å². The molecule has 1 aromatic heterocycles. The fourth-order valence-corrected chi connectivity index (χ4v) is 2.86. The van der Waals surface area contributed by atoms with Gasteiger partial charge in [0.1, 0.15) is 0 Å². The van der Waals surface area contributed by atoms with Gasteiger partial charge in [-0.1, -0.05) is 17.7 Å². The van der Waals surface area contributed by atoms with Crippen LogP contribution in [0.2, 0.25) is 4.47 Å². The number of nitrogens with zero attached hydrogens (tertiary/aromatic N) is 1. The first-order valence-corrected chi connectivity index (χ1v) is 6.74. The third kappa shape index (κ3) is 2.97. The Morgan fingerprint density at radius 1 is 1.50 bits per heavy atom. The minimum atomic E-state index is 0.583. The average molecular weight is 318 g/mol. The second-order valence-electron chi connectivity index (χ2n) is 3.42. The lowest BCUT2D eigenvalue weighted by atomic mass is 10.2. The number of hydrogen-bond acceptors (Lipinski definition) is 3. The van der Waals surface area contributed by atoms with Crippen LogP contribution in [0, 0.1) is 6.92 Å². The number of aryl methyl sites for hydroxylation is 1. The van der Waals surface area contributed by atoms with E-state index in [9.17, 15) is 0 Å². The maximum atomic E-state index is 5.76. The number of nitrogens with one attached hydrogen (secondary N) is 1. The zero-order valence-corrected chi connectivity index (χ0v) is 11.8. The highest BCUT2D eigenvalue weighted by molar-refractivity contribution is 9.10. The van der Waals surface area contributed by atoms with Crippen LogP contribution in [-0.4, -0.2) is 4.98 Å². The lowest BCUT2D eigenvalue weighted by Crippen LogP contribution is -1.98. The van der Waals surface area contributed by atoms with Crippen molar-refractivity contribution in [2.45, 2.75) is 13.5 Å². The molecule has 0 amide bonds.